The fourth-order valence-corrected chi connectivity index (χ4v) is 8.54. The van der Waals surface area contributed by atoms with Crippen molar-refractivity contribution in [2.75, 3.05) is 13.2 Å². The molecule has 0 aromatic heterocycles. The number of rotatable bonds is 13. The van der Waals surface area contributed by atoms with E-state index in [-0.39, 0.29) is 0 Å². The van der Waals surface area contributed by atoms with Gasteiger partial charge in [-0.1, -0.05) is 72.8 Å². The first-order valence-electron chi connectivity index (χ1n) is 10.9. The third-order valence-corrected chi connectivity index (χ3v) is 10.9. The zero-order chi connectivity index (χ0) is 23.0. The molecule has 0 fully saturated rings. The minimum Gasteiger partial charge on any atom is -0.382 e. The van der Waals surface area contributed by atoms with Crippen molar-refractivity contribution >= 4 is 37.5 Å². The molecule has 0 bridgehead atoms. The molecule has 0 aliphatic carbocycles. The van der Waals surface area contributed by atoms with E-state index in [9.17, 15) is 0 Å². The highest BCUT2D eigenvalue weighted by Gasteiger charge is 2.44. The minimum absolute atomic E-state index is 0.513. The maximum absolute atomic E-state index is 6.84. The van der Waals surface area contributed by atoms with E-state index >= 15 is 0 Å². The number of hydrogen-bond donors (Lipinski definition) is 0. The van der Waals surface area contributed by atoms with Gasteiger partial charge in [0.05, 0.1) is 6.61 Å². The van der Waals surface area contributed by atoms with Crippen LogP contribution in [0.2, 0.25) is 26.2 Å². The van der Waals surface area contributed by atoms with E-state index in [0.717, 1.165) is 12.0 Å². The van der Waals surface area contributed by atoms with Gasteiger partial charge in [0.1, 0.15) is 0 Å². The predicted molar refractivity (Wildman–Crippen MR) is 138 cm³/mol. The number of ether oxygens (including phenoxy) is 1. The summed E-state index contributed by atoms with van der Waals surface area (Å²) >= 11 is 0. The van der Waals surface area contributed by atoms with Crippen molar-refractivity contribution in [3.8, 4) is 0 Å². The summed E-state index contributed by atoms with van der Waals surface area (Å²) in [5, 5.41) is 2.44. The van der Waals surface area contributed by atoms with Crippen LogP contribution in [0.5, 0.6) is 0 Å². The molecule has 4 nitrogen and oxygen atoms in total. The van der Waals surface area contributed by atoms with Gasteiger partial charge in [0.25, 0.3) is 5.97 Å². The Balaban J connectivity index is 2.27. The predicted octanol–water partition coefficient (Wildman–Crippen LogP) is 3.57. The van der Waals surface area contributed by atoms with Crippen molar-refractivity contribution in [2.45, 2.75) is 51.9 Å². The van der Waals surface area contributed by atoms with Crippen molar-refractivity contribution in [2.24, 2.45) is 0 Å². The minimum atomic E-state index is -2.28. The Morgan fingerprint density at radius 1 is 0.871 bits per heavy atom. The van der Waals surface area contributed by atoms with Gasteiger partial charge in [-0.3, -0.25) is 0 Å². The van der Waals surface area contributed by atoms with Crippen molar-refractivity contribution in [3.05, 3.63) is 72.8 Å². The Morgan fingerprint density at radius 3 is 1.71 bits per heavy atom. The molecule has 0 saturated heterocycles. The first kappa shape index (κ1) is 25.9. The molecule has 0 N–H and O–H groups in total. The smallest absolute Gasteiger partial charge is 0.254 e. The molecule has 0 aliphatic heterocycles. The van der Waals surface area contributed by atoms with E-state index in [0.29, 0.717) is 30.1 Å². The fraction of sp³-hybridized carbons (Fsp3) is 0.417. The van der Waals surface area contributed by atoms with Gasteiger partial charge in [-0.25, -0.2) is 0 Å². The van der Waals surface area contributed by atoms with Gasteiger partial charge in [0.15, 0.2) is 10.5 Å². The third kappa shape index (κ3) is 7.94. The highest BCUT2D eigenvalue weighted by atomic mass is 28.4. The summed E-state index contributed by atoms with van der Waals surface area (Å²) in [4.78, 5) is 0. The average Bonchev–Trinajstić information content (AvgIpc) is 2.74. The maximum Gasteiger partial charge on any atom is 0.254 e. The lowest BCUT2D eigenvalue weighted by Crippen LogP contribution is -2.60. The summed E-state index contributed by atoms with van der Waals surface area (Å²) in [7, 11) is -4.05. The Hall–Kier alpha value is -1.33. The average molecular weight is 475 g/mol. The molecular formula is C24H38O4Si3. The second-order valence-corrected chi connectivity index (χ2v) is 17.0. The lowest BCUT2D eigenvalue weighted by atomic mass is 10.3. The van der Waals surface area contributed by atoms with Gasteiger partial charge in [0, 0.05) is 13.0 Å². The van der Waals surface area contributed by atoms with Gasteiger partial charge in [0.2, 0.25) is 16.6 Å². The van der Waals surface area contributed by atoms with Crippen LogP contribution in [-0.4, -0.2) is 46.3 Å². The van der Waals surface area contributed by atoms with Gasteiger partial charge in [-0.05, 0) is 49.9 Å². The lowest BCUT2D eigenvalue weighted by Gasteiger charge is -2.43. The zero-order valence-electron chi connectivity index (χ0n) is 19.9. The second-order valence-electron chi connectivity index (χ2n) is 8.96. The van der Waals surface area contributed by atoms with E-state index in [1.807, 2.05) is 19.1 Å². The van der Waals surface area contributed by atoms with Crippen LogP contribution in [0.4, 0.5) is 0 Å². The van der Waals surface area contributed by atoms with Crippen molar-refractivity contribution in [1.82, 2.24) is 0 Å². The Kier molecular flexibility index (Phi) is 9.63. The van der Waals surface area contributed by atoms with Gasteiger partial charge < -0.3 is 18.0 Å². The van der Waals surface area contributed by atoms with Crippen LogP contribution in [0.3, 0.4) is 0 Å². The number of hydrogen-bond acceptors (Lipinski definition) is 4. The van der Waals surface area contributed by atoms with Crippen LogP contribution < -0.4 is 10.4 Å². The molecule has 2 aromatic carbocycles. The molecule has 0 unspecified atom stereocenters. The number of benzene rings is 2. The van der Waals surface area contributed by atoms with E-state index < -0.39 is 22.6 Å². The lowest BCUT2D eigenvalue weighted by molar-refractivity contribution is -0.267. The summed E-state index contributed by atoms with van der Waals surface area (Å²) in [5.74, 6) is -1.06. The Labute approximate surface area is 193 Å². The highest BCUT2D eigenvalue weighted by Crippen LogP contribution is 2.29. The summed E-state index contributed by atoms with van der Waals surface area (Å²) in [6.07, 6.45) is 1.41. The molecule has 2 aromatic rings. The molecule has 0 atom stereocenters. The maximum atomic E-state index is 6.84. The summed E-state index contributed by atoms with van der Waals surface area (Å²) in [6.45, 7) is 15.9. The standard InChI is InChI=1S/C24H38O4Si3/c1-21(2)20-25-19-13-18-24(26-29,27-30(3,4)22-14-9-7-10-15-22)28-31(5,6)23-16-11-8-12-17-23/h7-12,14-17H,1,13,18-20H2,2-6,29H3. The first-order chi connectivity index (χ1) is 14.6. The molecule has 0 amide bonds. The van der Waals surface area contributed by atoms with Gasteiger partial charge in [-0.15, -0.1) is 0 Å². The van der Waals surface area contributed by atoms with Gasteiger partial charge in [-0.2, -0.15) is 0 Å². The molecule has 0 spiro atoms. The molecule has 170 valence electrons. The quantitative estimate of drug-likeness (QED) is 0.192. The first-order valence-corrected chi connectivity index (χ1v) is 17.5. The Morgan fingerprint density at radius 2 is 1.32 bits per heavy atom. The van der Waals surface area contributed by atoms with E-state index in [1.165, 1.54) is 10.4 Å². The molecule has 0 radical (unpaired) electrons. The van der Waals surface area contributed by atoms with Crippen LogP contribution in [0, 0.1) is 0 Å². The summed E-state index contributed by atoms with van der Waals surface area (Å²) in [6, 6.07) is 20.9. The third-order valence-electron chi connectivity index (χ3n) is 5.19. The van der Waals surface area contributed by atoms with Crippen molar-refractivity contribution in [1.29, 1.82) is 0 Å². The fourth-order valence-electron chi connectivity index (χ4n) is 3.52. The molecule has 0 heterocycles. The van der Waals surface area contributed by atoms with Crippen molar-refractivity contribution in [3.63, 3.8) is 0 Å². The SMILES string of the molecule is C=C(C)COCCCC(O[SiH3])(O[Si](C)(C)c1ccccc1)O[Si](C)(C)c1ccccc1. The van der Waals surface area contributed by atoms with Crippen LogP contribution in [0.1, 0.15) is 19.8 Å². The molecule has 7 heteroatoms. The molecule has 2 rings (SSSR count). The molecule has 0 saturated carbocycles. The van der Waals surface area contributed by atoms with E-state index in [4.69, 9.17) is 18.0 Å². The Bertz CT molecular complexity index is 757. The van der Waals surface area contributed by atoms with Crippen LogP contribution in [-0.2, 0) is 18.0 Å². The largest absolute Gasteiger partial charge is 0.382 e. The monoisotopic (exact) mass is 474 g/mol. The summed E-state index contributed by atoms with van der Waals surface area (Å²) in [5.41, 5.74) is 1.02. The van der Waals surface area contributed by atoms with Crippen LogP contribution >= 0.6 is 0 Å². The van der Waals surface area contributed by atoms with E-state index in [2.05, 4.69) is 81.3 Å². The second kappa shape index (κ2) is 11.5. The van der Waals surface area contributed by atoms with Crippen LogP contribution in [0.15, 0.2) is 72.8 Å². The topological polar surface area (TPSA) is 36.9 Å². The van der Waals surface area contributed by atoms with Gasteiger partial charge >= 0.3 is 0 Å². The normalized spacial score (nSPS) is 12.8. The molecule has 31 heavy (non-hydrogen) atoms. The van der Waals surface area contributed by atoms with E-state index in [1.54, 1.807) is 0 Å². The molecule has 0 aliphatic rings. The molecular weight excluding hydrogens is 437 g/mol. The zero-order valence-corrected chi connectivity index (χ0v) is 23.9. The summed E-state index contributed by atoms with van der Waals surface area (Å²) < 4.78 is 25.6. The van der Waals surface area contributed by atoms with Crippen LogP contribution in [0.25, 0.3) is 0 Å². The highest BCUT2D eigenvalue weighted by molar-refractivity contribution is 6.85. The van der Waals surface area contributed by atoms with Crippen molar-refractivity contribution < 1.29 is 18.0 Å².